The molecule has 6 nitrogen and oxygen atoms in total. The number of fused-ring (bicyclic) bond motifs is 1. The van der Waals surface area contributed by atoms with Gasteiger partial charge in [-0.1, -0.05) is 30.3 Å². The van der Waals surface area contributed by atoms with Crippen LogP contribution in [-0.4, -0.2) is 35.4 Å². The summed E-state index contributed by atoms with van der Waals surface area (Å²) in [6.07, 6.45) is 2.52. The van der Waals surface area contributed by atoms with E-state index in [4.69, 9.17) is 9.47 Å². The van der Waals surface area contributed by atoms with Crippen molar-refractivity contribution < 1.29 is 19.1 Å². The number of methoxy groups -OCH3 is 1. The summed E-state index contributed by atoms with van der Waals surface area (Å²) in [7, 11) is 1.35. The van der Waals surface area contributed by atoms with E-state index in [2.05, 4.69) is 4.98 Å². The van der Waals surface area contributed by atoms with Crippen molar-refractivity contribution >= 4 is 11.9 Å². The van der Waals surface area contributed by atoms with Crippen LogP contribution in [0, 0.1) is 0 Å². The summed E-state index contributed by atoms with van der Waals surface area (Å²) in [5.41, 5.74) is 3.72. The molecule has 30 heavy (non-hydrogen) atoms. The molecule has 152 valence electrons. The molecule has 0 N–H and O–H groups in total. The summed E-state index contributed by atoms with van der Waals surface area (Å²) in [6, 6.07) is 18.4. The molecule has 0 saturated carbocycles. The number of nitrogens with zero attached hydrogens (tertiary/aromatic N) is 2. The average molecular weight is 402 g/mol. The average Bonchev–Trinajstić information content (AvgIpc) is 2.80. The van der Waals surface area contributed by atoms with Crippen molar-refractivity contribution in [1.29, 1.82) is 0 Å². The monoisotopic (exact) mass is 402 g/mol. The van der Waals surface area contributed by atoms with Crippen molar-refractivity contribution in [3.8, 4) is 5.75 Å². The standard InChI is InChI=1S/C24H22N2O4/c1-29-24(28)21-8-3-2-6-18(21)16-30-20-10-9-17-11-13-26(23(27)22(17)14-20)15-19-7-4-5-12-25-19/h2-10,12,14H,11,13,15-16H2,1H3. The highest BCUT2D eigenvalue weighted by molar-refractivity contribution is 5.97. The van der Waals surface area contributed by atoms with Gasteiger partial charge in [0.25, 0.3) is 5.91 Å². The van der Waals surface area contributed by atoms with Crippen LogP contribution in [0.15, 0.2) is 66.9 Å². The van der Waals surface area contributed by atoms with Gasteiger partial charge in [0, 0.05) is 23.9 Å². The van der Waals surface area contributed by atoms with Gasteiger partial charge < -0.3 is 14.4 Å². The lowest BCUT2D eigenvalue weighted by Gasteiger charge is -2.28. The van der Waals surface area contributed by atoms with Crippen LogP contribution in [0.1, 0.15) is 37.5 Å². The van der Waals surface area contributed by atoms with Gasteiger partial charge in [-0.3, -0.25) is 9.78 Å². The fourth-order valence-electron chi connectivity index (χ4n) is 3.54. The highest BCUT2D eigenvalue weighted by atomic mass is 16.5. The highest BCUT2D eigenvalue weighted by Crippen LogP contribution is 2.25. The first-order chi connectivity index (χ1) is 14.7. The molecule has 0 fully saturated rings. The van der Waals surface area contributed by atoms with Crippen molar-refractivity contribution in [1.82, 2.24) is 9.88 Å². The van der Waals surface area contributed by atoms with E-state index in [1.807, 2.05) is 42.5 Å². The second-order valence-electron chi connectivity index (χ2n) is 7.05. The van der Waals surface area contributed by atoms with E-state index in [9.17, 15) is 9.59 Å². The first kappa shape index (κ1) is 19.6. The Kier molecular flexibility index (Phi) is 5.75. The predicted octanol–water partition coefficient (Wildman–Crippen LogP) is 3.65. The van der Waals surface area contributed by atoms with E-state index in [0.29, 0.717) is 30.0 Å². The SMILES string of the molecule is COC(=O)c1ccccc1COc1ccc2c(c1)C(=O)N(Cc1ccccn1)CC2. The Balaban J connectivity index is 1.49. The summed E-state index contributed by atoms with van der Waals surface area (Å²) in [5.74, 6) is 0.156. The number of pyridine rings is 1. The molecule has 1 aromatic heterocycles. The van der Waals surface area contributed by atoms with E-state index in [-0.39, 0.29) is 12.5 Å². The third-order valence-corrected chi connectivity index (χ3v) is 5.15. The van der Waals surface area contributed by atoms with Gasteiger partial charge >= 0.3 is 5.97 Å². The second-order valence-corrected chi connectivity index (χ2v) is 7.05. The summed E-state index contributed by atoms with van der Waals surface area (Å²) < 4.78 is 10.7. The van der Waals surface area contributed by atoms with Crippen LogP contribution in [-0.2, 0) is 24.3 Å². The number of hydrogen-bond donors (Lipinski definition) is 0. The van der Waals surface area contributed by atoms with Crippen LogP contribution < -0.4 is 4.74 Å². The Bertz CT molecular complexity index is 1070. The summed E-state index contributed by atoms with van der Waals surface area (Å²) in [6.45, 7) is 1.35. The molecule has 2 heterocycles. The highest BCUT2D eigenvalue weighted by Gasteiger charge is 2.25. The summed E-state index contributed by atoms with van der Waals surface area (Å²) in [4.78, 5) is 31.1. The van der Waals surface area contributed by atoms with Gasteiger partial charge in [0.05, 0.1) is 24.9 Å². The third kappa shape index (κ3) is 4.17. The number of carbonyl (C=O) groups excluding carboxylic acids is 2. The summed E-state index contributed by atoms with van der Waals surface area (Å²) >= 11 is 0. The molecule has 6 heteroatoms. The smallest absolute Gasteiger partial charge is 0.338 e. The quantitative estimate of drug-likeness (QED) is 0.589. The lowest BCUT2D eigenvalue weighted by atomic mass is 9.98. The van der Waals surface area contributed by atoms with E-state index in [1.54, 1.807) is 29.3 Å². The Morgan fingerprint density at radius 2 is 1.93 bits per heavy atom. The van der Waals surface area contributed by atoms with E-state index >= 15 is 0 Å². The van der Waals surface area contributed by atoms with Gasteiger partial charge in [-0.25, -0.2) is 4.79 Å². The fraction of sp³-hybridized carbons (Fsp3) is 0.208. The minimum atomic E-state index is -0.403. The maximum Gasteiger partial charge on any atom is 0.338 e. The number of ether oxygens (including phenoxy) is 2. The topological polar surface area (TPSA) is 68.7 Å². The van der Waals surface area contributed by atoms with Crippen molar-refractivity contribution in [2.24, 2.45) is 0 Å². The number of hydrogen-bond acceptors (Lipinski definition) is 5. The number of amides is 1. The van der Waals surface area contributed by atoms with Gasteiger partial charge in [-0.15, -0.1) is 0 Å². The van der Waals surface area contributed by atoms with Crippen molar-refractivity contribution in [2.75, 3.05) is 13.7 Å². The zero-order chi connectivity index (χ0) is 20.9. The Morgan fingerprint density at radius 3 is 2.73 bits per heavy atom. The molecule has 0 atom stereocenters. The minimum Gasteiger partial charge on any atom is -0.489 e. The van der Waals surface area contributed by atoms with Crippen molar-refractivity contribution in [3.05, 3.63) is 94.8 Å². The molecule has 1 aliphatic rings. The molecule has 0 radical (unpaired) electrons. The first-order valence-electron chi connectivity index (χ1n) is 9.77. The second kappa shape index (κ2) is 8.78. The predicted molar refractivity (Wildman–Crippen MR) is 111 cm³/mol. The number of esters is 1. The third-order valence-electron chi connectivity index (χ3n) is 5.15. The Labute approximate surface area is 175 Å². The van der Waals surface area contributed by atoms with Crippen molar-refractivity contribution in [3.63, 3.8) is 0 Å². The Hall–Kier alpha value is -3.67. The molecule has 2 aromatic carbocycles. The van der Waals surface area contributed by atoms with E-state index in [1.165, 1.54) is 7.11 Å². The van der Waals surface area contributed by atoms with Crippen LogP contribution >= 0.6 is 0 Å². The van der Waals surface area contributed by atoms with Crippen LogP contribution in [0.5, 0.6) is 5.75 Å². The lowest BCUT2D eigenvalue weighted by molar-refractivity contribution is 0.0597. The van der Waals surface area contributed by atoms with Crippen LogP contribution in [0.2, 0.25) is 0 Å². The molecule has 0 spiro atoms. The lowest BCUT2D eigenvalue weighted by Crippen LogP contribution is -2.37. The zero-order valence-electron chi connectivity index (χ0n) is 16.7. The molecule has 1 aliphatic heterocycles. The van der Waals surface area contributed by atoms with E-state index < -0.39 is 5.97 Å². The molecule has 1 amide bonds. The molecular weight excluding hydrogens is 380 g/mol. The fourth-order valence-corrected chi connectivity index (χ4v) is 3.54. The van der Waals surface area contributed by atoms with Crippen molar-refractivity contribution in [2.45, 2.75) is 19.6 Å². The maximum absolute atomic E-state index is 13.0. The van der Waals surface area contributed by atoms with Gasteiger partial charge in [0.1, 0.15) is 12.4 Å². The van der Waals surface area contributed by atoms with E-state index in [0.717, 1.165) is 23.2 Å². The molecule has 0 unspecified atom stereocenters. The van der Waals surface area contributed by atoms with Crippen LogP contribution in [0.25, 0.3) is 0 Å². The number of benzene rings is 2. The molecule has 0 bridgehead atoms. The van der Waals surface area contributed by atoms with Crippen LogP contribution in [0.4, 0.5) is 0 Å². The largest absolute Gasteiger partial charge is 0.489 e. The Morgan fingerprint density at radius 1 is 1.10 bits per heavy atom. The van der Waals surface area contributed by atoms with Gasteiger partial charge in [0.2, 0.25) is 0 Å². The number of rotatable bonds is 6. The number of carbonyl (C=O) groups is 2. The zero-order valence-corrected chi connectivity index (χ0v) is 16.7. The van der Waals surface area contributed by atoms with Crippen LogP contribution in [0.3, 0.4) is 0 Å². The molecule has 0 saturated heterocycles. The first-order valence-corrected chi connectivity index (χ1v) is 9.77. The van der Waals surface area contributed by atoms with Gasteiger partial charge in [0.15, 0.2) is 0 Å². The summed E-state index contributed by atoms with van der Waals surface area (Å²) in [5, 5.41) is 0. The molecule has 3 aromatic rings. The van der Waals surface area contributed by atoms with Gasteiger partial charge in [-0.05, 0) is 42.3 Å². The van der Waals surface area contributed by atoms with Gasteiger partial charge in [-0.2, -0.15) is 0 Å². The minimum absolute atomic E-state index is 0.0256. The normalized spacial score (nSPS) is 13.0. The molecule has 0 aliphatic carbocycles. The number of aromatic nitrogens is 1. The maximum atomic E-state index is 13.0. The molecule has 4 rings (SSSR count). The molecular formula is C24H22N2O4.